The fourth-order valence-electron chi connectivity index (χ4n) is 1.28. The smallest absolute Gasteiger partial charge is 0.0591 e. The van der Waals surface area contributed by atoms with E-state index in [9.17, 15) is 0 Å². The predicted octanol–water partition coefficient (Wildman–Crippen LogP) is 1.72. The number of hydrogen-bond donors (Lipinski definition) is 1. The van der Waals surface area contributed by atoms with E-state index >= 15 is 0 Å². The Balaban J connectivity index is 0.000000120. The van der Waals surface area contributed by atoms with Crippen LogP contribution in [0.5, 0.6) is 0 Å². The number of morpholine rings is 1. The fourth-order valence-corrected chi connectivity index (χ4v) is 1.28. The molecule has 1 fully saturated rings. The highest BCUT2D eigenvalue weighted by atomic mass is 16.5. The Hall–Kier alpha value is -0.340. The number of rotatable bonds is 0. The van der Waals surface area contributed by atoms with Gasteiger partial charge in [0, 0.05) is 13.1 Å². The van der Waals surface area contributed by atoms with E-state index in [2.05, 4.69) is 17.5 Å². The van der Waals surface area contributed by atoms with Crippen LogP contribution in [0.3, 0.4) is 0 Å². The van der Waals surface area contributed by atoms with Gasteiger partial charge in [-0.3, -0.25) is 0 Å². The van der Waals surface area contributed by atoms with Gasteiger partial charge in [0.2, 0.25) is 0 Å². The second-order valence-electron chi connectivity index (χ2n) is 3.12. The summed E-state index contributed by atoms with van der Waals surface area (Å²) in [7, 11) is 0. The number of ether oxygens (including phenoxy) is 1. The van der Waals surface area contributed by atoms with Crippen molar-refractivity contribution >= 4 is 0 Å². The Morgan fingerprint density at radius 3 is 1.67 bits per heavy atom. The maximum absolute atomic E-state index is 5.01. The number of hydrogen-bond acceptors (Lipinski definition) is 2. The van der Waals surface area contributed by atoms with Crippen molar-refractivity contribution in [1.82, 2.24) is 5.32 Å². The molecule has 0 spiro atoms. The summed E-state index contributed by atoms with van der Waals surface area (Å²) in [6.07, 6.45) is 10.0. The molecule has 0 aromatic heterocycles. The van der Waals surface area contributed by atoms with Gasteiger partial charge in [0.1, 0.15) is 0 Å². The highest BCUT2D eigenvalue weighted by Crippen LogP contribution is 2.07. The van der Waals surface area contributed by atoms with E-state index in [1.807, 2.05) is 0 Å². The highest BCUT2D eigenvalue weighted by Gasteiger charge is 1.93. The zero-order valence-corrected chi connectivity index (χ0v) is 7.72. The van der Waals surface area contributed by atoms with Crippen molar-refractivity contribution in [3.8, 4) is 0 Å². The molecule has 0 amide bonds. The van der Waals surface area contributed by atoms with Crippen molar-refractivity contribution in [3.05, 3.63) is 12.2 Å². The van der Waals surface area contributed by atoms with Crippen LogP contribution in [0.15, 0.2) is 12.2 Å². The van der Waals surface area contributed by atoms with E-state index in [1.54, 1.807) is 0 Å². The summed E-state index contributed by atoms with van der Waals surface area (Å²) in [4.78, 5) is 0. The molecular formula is C10H19NO. The molecule has 2 aliphatic rings. The first-order valence-corrected chi connectivity index (χ1v) is 4.93. The lowest BCUT2D eigenvalue weighted by Crippen LogP contribution is -2.30. The average molecular weight is 169 g/mol. The fraction of sp³-hybridized carbons (Fsp3) is 0.800. The van der Waals surface area contributed by atoms with E-state index < -0.39 is 0 Å². The molecule has 2 rings (SSSR count). The van der Waals surface area contributed by atoms with Crippen molar-refractivity contribution in [2.45, 2.75) is 25.7 Å². The highest BCUT2D eigenvalue weighted by molar-refractivity contribution is 4.85. The molecule has 0 unspecified atom stereocenters. The van der Waals surface area contributed by atoms with Gasteiger partial charge in [-0.1, -0.05) is 12.2 Å². The van der Waals surface area contributed by atoms with Crippen molar-refractivity contribution in [2.24, 2.45) is 0 Å². The molecule has 1 aliphatic heterocycles. The molecule has 1 aliphatic carbocycles. The summed E-state index contributed by atoms with van der Waals surface area (Å²) < 4.78 is 5.01. The van der Waals surface area contributed by atoms with E-state index in [0.29, 0.717) is 0 Å². The quantitative estimate of drug-likeness (QED) is 0.557. The third-order valence-corrected chi connectivity index (χ3v) is 2.00. The third-order valence-electron chi connectivity index (χ3n) is 2.00. The lowest BCUT2D eigenvalue weighted by atomic mass is 10.1. The molecule has 0 radical (unpaired) electrons. The second kappa shape index (κ2) is 7.32. The normalized spacial score (nSPS) is 22.7. The van der Waals surface area contributed by atoms with E-state index in [1.165, 1.54) is 25.7 Å². The van der Waals surface area contributed by atoms with Gasteiger partial charge in [-0.15, -0.1) is 0 Å². The van der Waals surface area contributed by atoms with Crippen LogP contribution >= 0.6 is 0 Å². The first-order chi connectivity index (χ1) is 6.00. The standard InChI is InChI=1S/C6H10.C4H9NO/c1-2-4-6-5-3-1;1-3-6-4-2-5-1/h1-2H,3-6H2;5H,1-4H2. The predicted molar refractivity (Wildman–Crippen MR) is 51.3 cm³/mol. The van der Waals surface area contributed by atoms with Crippen molar-refractivity contribution in [3.63, 3.8) is 0 Å². The molecule has 0 aromatic rings. The second-order valence-corrected chi connectivity index (χ2v) is 3.12. The van der Waals surface area contributed by atoms with Gasteiger partial charge >= 0.3 is 0 Å². The van der Waals surface area contributed by atoms with Crippen LogP contribution in [0, 0.1) is 0 Å². The molecule has 2 nitrogen and oxygen atoms in total. The van der Waals surface area contributed by atoms with E-state index in [-0.39, 0.29) is 0 Å². The zero-order chi connectivity index (χ0) is 8.49. The maximum Gasteiger partial charge on any atom is 0.0591 e. The Morgan fingerprint density at radius 2 is 1.50 bits per heavy atom. The van der Waals surface area contributed by atoms with Crippen LogP contribution in [-0.4, -0.2) is 26.3 Å². The lowest BCUT2D eigenvalue weighted by Gasteiger charge is -2.10. The van der Waals surface area contributed by atoms with Gasteiger partial charge < -0.3 is 10.1 Å². The maximum atomic E-state index is 5.01. The van der Waals surface area contributed by atoms with Crippen molar-refractivity contribution < 1.29 is 4.74 Å². The lowest BCUT2D eigenvalue weighted by molar-refractivity contribution is 0.109. The number of nitrogens with one attached hydrogen (secondary N) is 1. The van der Waals surface area contributed by atoms with Crippen LogP contribution < -0.4 is 5.32 Å². The molecule has 2 heteroatoms. The molecule has 0 aromatic carbocycles. The first kappa shape index (κ1) is 9.75. The Labute approximate surface area is 75.0 Å². The zero-order valence-electron chi connectivity index (χ0n) is 7.72. The number of allylic oxidation sites excluding steroid dienone is 2. The third kappa shape index (κ3) is 5.33. The van der Waals surface area contributed by atoms with Crippen LogP contribution in [0.2, 0.25) is 0 Å². The molecule has 1 saturated heterocycles. The van der Waals surface area contributed by atoms with Crippen LogP contribution in [-0.2, 0) is 4.74 Å². The molecule has 12 heavy (non-hydrogen) atoms. The topological polar surface area (TPSA) is 21.3 Å². The molecule has 0 saturated carbocycles. The molecule has 0 bridgehead atoms. The monoisotopic (exact) mass is 169 g/mol. The SMILES string of the molecule is C1=CCCCC1.C1COCCN1. The summed E-state index contributed by atoms with van der Waals surface area (Å²) in [6.45, 7) is 3.83. The molecule has 70 valence electrons. The molecule has 1 heterocycles. The summed E-state index contributed by atoms with van der Waals surface area (Å²) >= 11 is 0. The summed E-state index contributed by atoms with van der Waals surface area (Å²) in [5, 5.41) is 3.16. The van der Waals surface area contributed by atoms with Crippen molar-refractivity contribution in [2.75, 3.05) is 26.3 Å². The van der Waals surface area contributed by atoms with E-state index in [4.69, 9.17) is 4.74 Å². The van der Waals surface area contributed by atoms with Crippen molar-refractivity contribution in [1.29, 1.82) is 0 Å². The first-order valence-electron chi connectivity index (χ1n) is 4.93. The Morgan fingerprint density at radius 1 is 0.917 bits per heavy atom. The van der Waals surface area contributed by atoms with Crippen LogP contribution in [0.4, 0.5) is 0 Å². The Bertz CT molecular complexity index is 99.5. The van der Waals surface area contributed by atoms with Gasteiger partial charge in [-0.2, -0.15) is 0 Å². The Kier molecular flexibility index (Phi) is 5.94. The van der Waals surface area contributed by atoms with Gasteiger partial charge in [-0.05, 0) is 25.7 Å². The van der Waals surface area contributed by atoms with Crippen LogP contribution in [0.1, 0.15) is 25.7 Å². The minimum absolute atomic E-state index is 0.889. The van der Waals surface area contributed by atoms with Gasteiger partial charge in [0.05, 0.1) is 13.2 Å². The molecular weight excluding hydrogens is 150 g/mol. The van der Waals surface area contributed by atoms with Gasteiger partial charge in [0.25, 0.3) is 0 Å². The van der Waals surface area contributed by atoms with Gasteiger partial charge in [0.15, 0.2) is 0 Å². The molecule has 1 N–H and O–H groups in total. The minimum Gasteiger partial charge on any atom is -0.379 e. The van der Waals surface area contributed by atoms with E-state index in [0.717, 1.165) is 26.3 Å². The summed E-state index contributed by atoms with van der Waals surface area (Å²) in [5.41, 5.74) is 0. The molecule has 0 atom stereocenters. The summed E-state index contributed by atoms with van der Waals surface area (Å²) in [5.74, 6) is 0. The van der Waals surface area contributed by atoms with Crippen LogP contribution in [0.25, 0.3) is 0 Å². The summed E-state index contributed by atoms with van der Waals surface area (Å²) in [6, 6.07) is 0. The van der Waals surface area contributed by atoms with Gasteiger partial charge in [-0.25, -0.2) is 0 Å². The minimum atomic E-state index is 0.889. The largest absolute Gasteiger partial charge is 0.379 e. The average Bonchev–Trinajstić information content (AvgIpc) is 2.24.